The van der Waals surface area contributed by atoms with Crippen LogP contribution >= 0.6 is 11.8 Å². The third-order valence-corrected chi connectivity index (χ3v) is 3.39. The van der Waals surface area contributed by atoms with E-state index in [1.54, 1.807) is 30.2 Å². The summed E-state index contributed by atoms with van der Waals surface area (Å²) < 4.78 is 0. The lowest BCUT2D eigenvalue weighted by Crippen LogP contribution is -2.46. The Balaban J connectivity index is 2.58. The van der Waals surface area contributed by atoms with Crippen molar-refractivity contribution < 1.29 is 0 Å². The van der Waals surface area contributed by atoms with Crippen LogP contribution in [0.3, 0.4) is 0 Å². The lowest BCUT2D eigenvalue weighted by Gasteiger charge is -2.28. The third kappa shape index (κ3) is 5.03. The van der Waals surface area contributed by atoms with Crippen molar-refractivity contribution in [3.63, 3.8) is 0 Å². The Morgan fingerprint density at radius 1 is 1.39 bits per heavy atom. The van der Waals surface area contributed by atoms with Crippen LogP contribution in [0.15, 0.2) is 23.6 Å². The van der Waals surface area contributed by atoms with Gasteiger partial charge in [0, 0.05) is 23.7 Å². The fraction of sp³-hybridized carbons (Fsp3) is 0.615. The zero-order valence-corrected chi connectivity index (χ0v) is 12.2. The van der Waals surface area contributed by atoms with Crippen LogP contribution in [0.2, 0.25) is 0 Å². The number of nitrogens with zero attached hydrogens (tertiary/aromatic N) is 3. The lowest BCUT2D eigenvalue weighted by atomic mass is 9.97. The van der Waals surface area contributed by atoms with E-state index >= 15 is 0 Å². The first kappa shape index (κ1) is 14.9. The summed E-state index contributed by atoms with van der Waals surface area (Å²) in [6.45, 7) is 8.13. The quantitative estimate of drug-likeness (QED) is 0.632. The molecule has 5 heteroatoms. The van der Waals surface area contributed by atoms with Gasteiger partial charge in [-0.3, -0.25) is 5.32 Å². The smallest absolute Gasteiger partial charge is 0.187 e. The highest BCUT2D eigenvalue weighted by Gasteiger charge is 2.27. The Bertz CT molecular complexity index is 401. The molecule has 1 N–H and O–H groups in total. The Kier molecular flexibility index (Phi) is 5.57. The highest BCUT2D eigenvalue weighted by molar-refractivity contribution is 7.99. The predicted molar refractivity (Wildman–Crippen MR) is 74.3 cm³/mol. The standard InChI is InChI=1S/C13H20N4S/c1-10(2)17-13(4,9-14)8-11(3)18-12-15-6-5-7-16-12/h5-7,10-11,17H,8H2,1-4H3. The van der Waals surface area contributed by atoms with E-state index in [1.807, 2.05) is 20.8 Å². The van der Waals surface area contributed by atoms with E-state index in [0.29, 0.717) is 6.04 Å². The van der Waals surface area contributed by atoms with E-state index < -0.39 is 5.54 Å². The van der Waals surface area contributed by atoms with Crippen LogP contribution in [0.5, 0.6) is 0 Å². The van der Waals surface area contributed by atoms with Gasteiger partial charge in [-0.1, -0.05) is 18.7 Å². The Morgan fingerprint density at radius 3 is 2.50 bits per heavy atom. The third-order valence-electron chi connectivity index (χ3n) is 2.40. The molecule has 1 rings (SSSR count). The van der Waals surface area contributed by atoms with Gasteiger partial charge in [0.2, 0.25) is 0 Å². The highest BCUT2D eigenvalue weighted by Crippen LogP contribution is 2.26. The Labute approximate surface area is 113 Å². The molecule has 0 aliphatic carbocycles. The Morgan fingerprint density at radius 2 is 2.00 bits per heavy atom. The minimum absolute atomic E-state index is 0.281. The van der Waals surface area contributed by atoms with Crippen LogP contribution in [0, 0.1) is 11.3 Å². The minimum atomic E-state index is -0.505. The van der Waals surface area contributed by atoms with E-state index in [-0.39, 0.29) is 5.25 Å². The van der Waals surface area contributed by atoms with Crippen molar-refractivity contribution in [2.75, 3.05) is 0 Å². The van der Waals surface area contributed by atoms with Crippen molar-refractivity contribution in [1.82, 2.24) is 15.3 Å². The highest BCUT2D eigenvalue weighted by atomic mass is 32.2. The van der Waals surface area contributed by atoms with Crippen LogP contribution < -0.4 is 5.32 Å². The molecule has 0 spiro atoms. The lowest BCUT2D eigenvalue weighted by molar-refractivity contribution is 0.382. The van der Waals surface area contributed by atoms with Crippen molar-refractivity contribution in [2.24, 2.45) is 0 Å². The van der Waals surface area contributed by atoms with E-state index in [2.05, 4.69) is 28.3 Å². The van der Waals surface area contributed by atoms with Crippen LogP contribution in [-0.2, 0) is 0 Å². The van der Waals surface area contributed by atoms with Gasteiger partial charge in [-0.15, -0.1) is 0 Å². The second-order valence-corrected chi connectivity index (χ2v) is 6.31. The molecule has 0 saturated carbocycles. The molecular weight excluding hydrogens is 244 g/mol. The van der Waals surface area contributed by atoms with E-state index in [1.165, 1.54) is 0 Å². The molecule has 0 aliphatic rings. The maximum absolute atomic E-state index is 9.30. The number of aromatic nitrogens is 2. The molecule has 1 heterocycles. The number of thioether (sulfide) groups is 1. The minimum Gasteiger partial charge on any atom is -0.297 e. The summed E-state index contributed by atoms with van der Waals surface area (Å²) in [6, 6.07) is 4.45. The van der Waals surface area contributed by atoms with E-state index in [4.69, 9.17) is 0 Å². The SMILES string of the molecule is CC(C)NC(C)(C#N)CC(C)Sc1ncccn1. The summed E-state index contributed by atoms with van der Waals surface area (Å²) in [5.41, 5.74) is -0.505. The van der Waals surface area contributed by atoms with Crippen molar-refractivity contribution >= 4 is 11.8 Å². The summed E-state index contributed by atoms with van der Waals surface area (Å²) in [7, 11) is 0. The Hall–Kier alpha value is -1.12. The number of rotatable bonds is 6. The second kappa shape index (κ2) is 6.72. The van der Waals surface area contributed by atoms with Crippen LogP contribution in [-0.4, -0.2) is 26.8 Å². The molecule has 0 radical (unpaired) electrons. The zero-order valence-electron chi connectivity index (χ0n) is 11.3. The average Bonchev–Trinajstić information content (AvgIpc) is 2.28. The molecule has 0 fully saturated rings. The van der Waals surface area contributed by atoms with Crippen molar-refractivity contribution in [2.45, 2.75) is 56.1 Å². The molecule has 0 amide bonds. The summed E-state index contributed by atoms with van der Waals surface area (Å²) in [4.78, 5) is 8.37. The first-order valence-corrected chi connectivity index (χ1v) is 6.96. The fourth-order valence-electron chi connectivity index (χ4n) is 1.92. The number of nitrogens with one attached hydrogen (secondary N) is 1. The van der Waals surface area contributed by atoms with Gasteiger partial charge >= 0.3 is 0 Å². The van der Waals surface area contributed by atoms with Crippen LogP contribution in [0.4, 0.5) is 0 Å². The maximum atomic E-state index is 9.30. The van der Waals surface area contributed by atoms with Gasteiger partial charge in [-0.05, 0) is 33.3 Å². The first-order valence-electron chi connectivity index (χ1n) is 6.08. The molecule has 1 aromatic heterocycles. The summed E-state index contributed by atoms with van der Waals surface area (Å²) in [5, 5.41) is 13.6. The number of hydrogen-bond acceptors (Lipinski definition) is 5. The zero-order chi connectivity index (χ0) is 13.6. The number of hydrogen-bond donors (Lipinski definition) is 1. The van der Waals surface area contributed by atoms with Gasteiger partial charge in [0.05, 0.1) is 6.07 Å². The maximum Gasteiger partial charge on any atom is 0.187 e. The largest absolute Gasteiger partial charge is 0.297 e. The van der Waals surface area contributed by atoms with Crippen molar-refractivity contribution in [3.05, 3.63) is 18.5 Å². The molecule has 1 aromatic rings. The molecular formula is C13H20N4S. The molecule has 18 heavy (non-hydrogen) atoms. The topological polar surface area (TPSA) is 61.6 Å². The van der Waals surface area contributed by atoms with Gasteiger partial charge in [0.25, 0.3) is 0 Å². The monoisotopic (exact) mass is 264 g/mol. The summed E-state index contributed by atoms with van der Waals surface area (Å²) in [6.07, 6.45) is 4.22. The van der Waals surface area contributed by atoms with Gasteiger partial charge in [0.1, 0.15) is 5.54 Å². The summed E-state index contributed by atoms with van der Waals surface area (Å²) >= 11 is 1.60. The molecule has 0 aliphatic heterocycles. The molecule has 0 aromatic carbocycles. The van der Waals surface area contributed by atoms with Crippen molar-refractivity contribution in [1.29, 1.82) is 5.26 Å². The first-order chi connectivity index (χ1) is 8.45. The van der Waals surface area contributed by atoms with E-state index in [0.717, 1.165) is 11.6 Å². The van der Waals surface area contributed by atoms with Crippen molar-refractivity contribution in [3.8, 4) is 6.07 Å². The molecule has 4 nitrogen and oxygen atoms in total. The molecule has 98 valence electrons. The summed E-state index contributed by atoms with van der Waals surface area (Å²) in [5.74, 6) is 0. The number of nitriles is 1. The molecule has 2 unspecified atom stereocenters. The normalized spacial score (nSPS) is 16.0. The van der Waals surface area contributed by atoms with Gasteiger partial charge in [0.15, 0.2) is 5.16 Å². The average molecular weight is 264 g/mol. The van der Waals surface area contributed by atoms with Gasteiger partial charge in [-0.25, -0.2) is 9.97 Å². The predicted octanol–water partition coefficient (Wildman–Crippen LogP) is 2.63. The molecule has 0 saturated heterocycles. The molecule has 2 atom stereocenters. The fourth-order valence-corrected chi connectivity index (χ4v) is 2.94. The second-order valence-electron chi connectivity index (χ2n) is 4.91. The van der Waals surface area contributed by atoms with Crippen LogP contribution in [0.1, 0.15) is 34.1 Å². The van der Waals surface area contributed by atoms with E-state index in [9.17, 15) is 5.26 Å². The molecule has 0 bridgehead atoms. The van der Waals surface area contributed by atoms with Gasteiger partial charge in [-0.2, -0.15) is 5.26 Å². The van der Waals surface area contributed by atoms with Crippen LogP contribution in [0.25, 0.3) is 0 Å². The van der Waals surface area contributed by atoms with Gasteiger partial charge < -0.3 is 0 Å².